The maximum absolute atomic E-state index is 14.4. The Bertz CT molecular complexity index is 1940. The number of carbonyl (C=O) groups is 4. The molecule has 0 aromatic heterocycles. The average Bonchev–Trinajstić information content (AvgIpc) is 3.06. The molecule has 8 heteroatoms. The standard InChI is InChI=1S/C37H28ClN3O4/c1-23-21-32(28-13-5-6-16-31(28)40(23)35(43)25-17-19-26(38)20-18-25)41(27-11-3-2-4-12-27)33(42)22-39-36(44)29-14-7-9-24-10-8-15-30(34(24)29)37(39)45/h2-20,23,32H,21-22H2,1H3/t23-,32-/m1/s1. The Labute approximate surface area is 265 Å². The quantitative estimate of drug-likeness (QED) is 0.195. The van der Waals surface area contributed by atoms with Crippen molar-refractivity contribution in [3.05, 3.63) is 143 Å². The number of nitrogens with zero attached hydrogens (tertiary/aromatic N) is 3. The number of benzene rings is 5. The first-order valence-electron chi connectivity index (χ1n) is 14.8. The maximum Gasteiger partial charge on any atom is 0.261 e. The van der Waals surface area contributed by atoms with Crippen molar-refractivity contribution in [3.8, 4) is 0 Å². The van der Waals surface area contributed by atoms with Crippen molar-refractivity contribution in [2.45, 2.75) is 25.4 Å². The van der Waals surface area contributed by atoms with Gasteiger partial charge in [-0.15, -0.1) is 0 Å². The van der Waals surface area contributed by atoms with Crippen molar-refractivity contribution in [1.82, 2.24) is 4.90 Å². The number of fused-ring (bicyclic) bond motifs is 1. The third kappa shape index (κ3) is 4.86. The number of carbonyl (C=O) groups excluding carboxylic acids is 4. The van der Waals surface area contributed by atoms with Crippen LogP contribution in [-0.2, 0) is 4.79 Å². The fourth-order valence-corrected chi connectivity index (χ4v) is 6.72. The van der Waals surface area contributed by atoms with Crippen LogP contribution in [0.25, 0.3) is 10.8 Å². The van der Waals surface area contributed by atoms with Gasteiger partial charge in [-0.2, -0.15) is 0 Å². The van der Waals surface area contributed by atoms with Crippen molar-refractivity contribution in [2.24, 2.45) is 0 Å². The Balaban J connectivity index is 1.27. The highest BCUT2D eigenvalue weighted by atomic mass is 35.5. The Morgan fingerprint density at radius 2 is 1.40 bits per heavy atom. The van der Waals surface area contributed by atoms with E-state index in [4.69, 9.17) is 11.6 Å². The molecule has 7 rings (SSSR count). The third-order valence-corrected chi connectivity index (χ3v) is 8.89. The molecular weight excluding hydrogens is 586 g/mol. The van der Waals surface area contributed by atoms with E-state index in [0.29, 0.717) is 44.9 Å². The smallest absolute Gasteiger partial charge is 0.261 e. The van der Waals surface area contributed by atoms with Crippen LogP contribution >= 0.6 is 11.6 Å². The Morgan fingerprint density at radius 3 is 2.07 bits per heavy atom. The Morgan fingerprint density at radius 1 is 0.778 bits per heavy atom. The van der Waals surface area contributed by atoms with E-state index in [9.17, 15) is 19.2 Å². The summed E-state index contributed by atoms with van der Waals surface area (Å²) in [5, 5.41) is 1.95. The summed E-state index contributed by atoms with van der Waals surface area (Å²) in [4.78, 5) is 60.1. The number of rotatable bonds is 5. The lowest BCUT2D eigenvalue weighted by atomic mass is 9.89. The number of anilines is 2. The van der Waals surface area contributed by atoms with E-state index < -0.39 is 30.3 Å². The minimum atomic E-state index is -0.497. The zero-order valence-corrected chi connectivity index (χ0v) is 25.1. The van der Waals surface area contributed by atoms with E-state index in [1.807, 2.05) is 73.7 Å². The second-order valence-electron chi connectivity index (χ2n) is 11.3. The monoisotopic (exact) mass is 613 g/mol. The highest BCUT2D eigenvalue weighted by Gasteiger charge is 2.41. The minimum Gasteiger partial charge on any atom is -0.305 e. The molecule has 4 amide bonds. The van der Waals surface area contributed by atoms with E-state index in [-0.39, 0.29) is 11.9 Å². The number of halogens is 1. The molecule has 2 aliphatic heterocycles. The van der Waals surface area contributed by atoms with Gasteiger partial charge in [0.1, 0.15) is 6.54 Å². The van der Waals surface area contributed by atoms with Crippen LogP contribution < -0.4 is 9.80 Å². The largest absolute Gasteiger partial charge is 0.305 e. The number of para-hydroxylation sites is 2. The summed E-state index contributed by atoms with van der Waals surface area (Å²) in [6.45, 7) is 1.53. The molecule has 2 heterocycles. The first-order chi connectivity index (χ1) is 21.8. The molecule has 7 nitrogen and oxygen atoms in total. The molecule has 0 spiro atoms. The zero-order valence-electron chi connectivity index (χ0n) is 24.4. The molecule has 5 aromatic carbocycles. The van der Waals surface area contributed by atoms with E-state index in [1.54, 1.807) is 58.3 Å². The van der Waals surface area contributed by atoms with Crippen LogP contribution in [0.3, 0.4) is 0 Å². The van der Waals surface area contributed by atoms with Gasteiger partial charge in [-0.05, 0) is 78.9 Å². The predicted octanol–water partition coefficient (Wildman–Crippen LogP) is 7.30. The van der Waals surface area contributed by atoms with E-state index in [0.717, 1.165) is 15.8 Å². The molecule has 2 aliphatic rings. The van der Waals surface area contributed by atoms with Crippen LogP contribution in [0.5, 0.6) is 0 Å². The lowest BCUT2D eigenvalue weighted by Gasteiger charge is -2.44. The third-order valence-electron chi connectivity index (χ3n) is 8.63. The Kier molecular flexibility index (Phi) is 7.18. The number of hydrogen-bond donors (Lipinski definition) is 0. The van der Waals surface area contributed by atoms with Crippen molar-refractivity contribution in [3.63, 3.8) is 0 Å². The molecule has 45 heavy (non-hydrogen) atoms. The average molecular weight is 614 g/mol. The lowest BCUT2D eigenvalue weighted by molar-refractivity contribution is -0.119. The van der Waals surface area contributed by atoms with E-state index in [2.05, 4.69) is 0 Å². The summed E-state index contributed by atoms with van der Waals surface area (Å²) in [5.74, 6) is -1.57. The van der Waals surface area contributed by atoms with Crippen LogP contribution in [0.15, 0.2) is 115 Å². The highest BCUT2D eigenvalue weighted by Crippen LogP contribution is 2.43. The van der Waals surface area contributed by atoms with Crippen molar-refractivity contribution >= 4 is 57.4 Å². The number of hydrogen-bond acceptors (Lipinski definition) is 4. The van der Waals surface area contributed by atoms with Crippen molar-refractivity contribution < 1.29 is 19.2 Å². The second kappa shape index (κ2) is 11.3. The first-order valence-corrected chi connectivity index (χ1v) is 15.1. The predicted molar refractivity (Wildman–Crippen MR) is 175 cm³/mol. The molecule has 2 atom stereocenters. The Hall–Kier alpha value is -5.27. The van der Waals surface area contributed by atoms with Gasteiger partial charge in [-0.25, -0.2) is 0 Å². The summed E-state index contributed by atoms with van der Waals surface area (Å²) in [6, 6.07) is 33.5. The molecule has 0 fully saturated rings. The van der Waals surface area contributed by atoms with Gasteiger partial charge in [0.25, 0.3) is 17.7 Å². The maximum atomic E-state index is 14.4. The van der Waals surface area contributed by atoms with Crippen LogP contribution in [0.2, 0.25) is 5.02 Å². The summed E-state index contributed by atoms with van der Waals surface area (Å²) >= 11 is 6.08. The van der Waals surface area contributed by atoms with Crippen molar-refractivity contribution in [2.75, 3.05) is 16.3 Å². The minimum absolute atomic E-state index is 0.167. The topological polar surface area (TPSA) is 78.0 Å². The molecule has 222 valence electrons. The van der Waals surface area contributed by atoms with Gasteiger partial charge < -0.3 is 9.80 Å². The van der Waals surface area contributed by atoms with Gasteiger partial charge in [-0.1, -0.05) is 72.3 Å². The fraction of sp³-hybridized carbons (Fsp3) is 0.135. The molecule has 0 saturated carbocycles. The van der Waals surface area contributed by atoms with Gasteiger partial charge in [0.15, 0.2) is 0 Å². The van der Waals surface area contributed by atoms with Crippen LogP contribution in [0.4, 0.5) is 11.4 Å². The second-order valence-corrected chi connectivity index (χ2v) is 11.8. The molecule has 0 radical (unpaired) electrons. The molecule has 0 aliphatic carbocycles. The first kappa shape index (κ1) is 28.5. The fourth-order valence-electron chi connectivity index (χ4n) is 6.59. The molecule has 0 saturated heterocycles. The van der Waals surface area contributed by atoms with E-state index >= 15 is 0 Å². The van der Waals surface area contributed by atoms with Crippen LogP contribution in [0, 0.1) is 0 Å². The number of amides is 4. The van der Waals surface area contributed by atoms with Gasteiger partial charge in [0.2, 0.25) is 5.91 Å². The van der Waals surface area contributed by atoms with Gasteiger partial charge in [-0.3, -0.25) is 24.1 Å². The normalized spacial score (nSPS) is 17.3. The molecule has 0 unspecified atom stereocenters. The summed E-state index contributed by atoms with van der Waals surface area (Å²) in [6.07, 6.45) is 0.432. The lowest BCUT2D eigenvalue weighted by Crippen LogP contribution is -2.51. The van der Waals surface area contributed by atoms with Gasteiger partial charge in [0.05, 0.1) is 6.04 Å². The summed E-state index contributed by atoms with van der Waals surface area (Å²) in [5.41, 5.74) is 3.42. The van der Waals surface area contributed by atoms with Gasteiger partial charge >= 0.3 is 0 Å². The van der Waals surface area contributed by atoms with Crippen LogP contribution in [-0.4, -0.2) is 41.1 Å². The van der Waals surface area contributed by atoms with Gasteiger partial charge in [0, 0.05) is 44.5 Å². The zero-order chi connectivity index (χ0) is 31.2. The molecule has 0 N–H and O–H groups in total. The van der Waals surface area contributed by atoms with E-state index in [1.165, 1.54) is 0 Å². The molecule has 5 aromatic rings. The molecule has 0 bridgehead atoms. The number of imide groups is 1. The molecular formula is C37H28ClN3O4. The SMILES string of the molecule is C[C@@H]1C[C@@H](N(C(=O)CN2C(=O)c3cccc4cccc(c34)C2=O)c2ccccc2)c2ccccc2N1C(=O)c1ccc(Cl)cc1. The van der Waals surface area contributed by atoms with Crippen LogP contribution in [0.1, 0.15) is 56.0 Å². The summed E-state index contributed by atoms with van der Waals surface area (Å²) < 4.78 is 0. The van der Waals surface area contributed by atoms with Crippen molar-refractivity contribution in [1.29, 1.82) is 0 Å². The summed E-state index contributed by atoms with van der Waals surface area (Å²) in [7, 11) is 0. The highest BCUT2D eigenvalue weighted by molar-refractivity contribution is 6.30.